The van der Waals surface area contributed by atoms with Crippen LogP contribution in [0.1, 0.15) is 46.5 Å². The van der Waals surface area contributed by atoms with Crippen LogP contribution in [0.15, 0.2) is 0 Å². The van der Waals surface area contributed by atoms with E-state index < -0.39 is 0 Å². The van der Waals surface area contributed by atoms with Gasteiger partial charge in [0.05, 0.1) is 0 Å². The summed E-state index contributed by atoms with van der Waals surface area (Å²) in [6.45, 7) is 11.9. The van der Waals surface area contributed by atoms with Gasteiger partial charge in [-0.25, -0.2) is 0 Å². The number of piperidine rings is 1. The van der Waals surface area contributed by atoms with E-state index in [-0.39, 0.29) is 0 Å². The third kappa shape index (κ3) is 4.98. The molecule has 1 atom stereocenters. The van der Waals surface area contributed by atoms with Crippen LogP contribution in [-0.2, 0) is 0 Å². The van der Waals surface area contributed by atoms with E-state index in [1.165, 1.54) is 51.9 Å². The van der Waals surface area contributed by atoms with Gasteiger partial charge in [0.25, 0.3) is 0 Å². The van der Waals surface area contributed by atoms with Crippen LogP contribution < -0.4 is 5.32 Å². The highest BCUT2D eigenvalue weighted by Crippen LogP contribution is 2.13. The minimum absolute atomic E-state index is 0.803. The molecule has 0 spiro atoms. The molecule has 1 unspecified atom stereocenters. The number of hydrogen-bond acceptors (Lipinski definition) is 2. The molecule has 1 N–H and O–H groups in total. The van der Waals surface area contributed by atoms with Gasteiger partial charge >= 0.3 is 0 Å². The summed E-state index contributed by atoms with van der Waals surface area (Å²) >= 11 is 0. The van der Waals surface area contributed by atoms with E-state index in [1.807, 2.05) is 0 Å². The van der Waals surface area contributed by atoms with Crippen molar-refractivity contribution >= 4 is 0 Å². The Bertz CT molecular complexity index is 151. The van der Waals surface area contributed by atoms with Gasteiger partial charge in [0.15, 0.2) is 0 Å². The fourth-order valence-corrected chi connectivity index (χ4v) is 2.33. The van der Waals surface area contributed by atoms with E-state index in [4.69, 9.17) is 0 Å². The third-order valence-corrected chi connectivity index (χ3v) is 3.29. The normalized spacial score (nSPS) is 22.6. The van der Waals surface area contributed by atoms with Gasteiger partial charge in [-0.3, -0.25) is 4.90 Å². The molecule has 2 heteroatoms. The molecule has 0 aromatic carbocycles. The quantitative estimate of drug-likeness (QED) is 0.728. The maximum Gasteiger partial charge on any atom is 0.0221 e. The lowest BCUT2D eigenvalue weighted by Gasteiger charge is -2.35. The molecule has 0 saturated carbocycles. The van der Waals surface area contributed by atoms with Crippen LogP contribution in [0.2, 0.25) is 0 Å². The monoisotopic (exact) mass is 212 g/mol. The number of rotatable bonds is 6. The molecule has 90 valence electrons. The highest BCUT2D eigenvalue weighted by Gasteiger charge is 2.19. The first-order chi connectivity index (χ1) is 7.24. The van der Waals surface area contributed by atoms with Gasteiger partial charge in [-0.05, 0) is 51.2 Å². The Morgan fingerprint density at radius 3 is 2.67 bits per heavy atom. The fourth-order valence-electron chi connectivity index (χ4n) is 2.33. The molecule has 0 aromatic rings. The standard InChI is InChI=1S/C13H28N2/c1-4-9-15(10-7-12(2)3)13-6-5-8-14-11-13/h12-14H,4-11H2,1-3H3. The Hall–Kier alpha value is -0.0800. The molecular weight excluding hydrogens is 184 g/mol. The van der Waals surface area contributed by atoms with E-state index in [0.717, 1.165) is 12.0 Å². The summed E-state index contributed by atoms with van der Waals surface area (Å²) in [5.41, 5.74) is 0. The van der Waals surface area contributed by atoms with Gasteiger partial charge in [-0.15, -0.1) is 0 Å². The molecule has 0 aromatic heterocycles. The van der Waals surface area contributed by atoms with Crippen molar-refractivity contribution in [2.75, 3.05) is 26.2 Å². The van der Waals surface area contributed by atoms with E-state index >= 15 is 0 Å². The van der Waals surface area contributed by atoms with Gasteiger partial charge in [-0.2, -0.15) is 0 Å². The SMILES string of the molecule is CCCN(CCC(C)C)C1CCCNC1. The molecule has 0 aliphatic carbocycles. The van der Waals surface area contributed by atoms with E-state index in [9.17, 15) is 0 Å². The maximum atomic E-state index is 3.52. The topological polar surface area (TPSA) is 15.3 Å². The van der Waals surface area contributed by atoms with Gasteiger partial charge in [0.2, 0.25) is 0 Å². The highest BCUT2D eigenvalue weighted by atomic mass is 15.2. The number of hydrogen-bond donors (Lipinski definition) is 1. The minimum atomic E-state index is 0.803. The van der Waals surface area contributed by atoms with Gasteiger partial charge in [-0.1, -0.05) is 20.8 Å². The first kappa shape index (κ1) is 13.0. The first-order valence-electron chi connectivity index (χ1n) is 6.68. The molecule has 0 amide bonds. The zero-order valence-electron chi connectivity index (χ0n) is 10.8. The van der Waals surface area contributed by atoms with Crippen molar-refractivity contribution < 1.29 is 0 Å². The van der Waals surface area contributed by atoms with Gasteiger partial charge < -0.3 is 5.32 Å². The fraction of sp³-hybridized carbons (Fsp3) is 1.00. The van der Waals surface area contributed by atoms with Crippen LogP contribution in [0.4, 0.5) is 0 Å². The van der Waals surface area contributed by atoms with Crippen molar-refractivity contribution in [2.45, 2.75) is 52.5 Å². The average Bonchev–Trinajstić information content (AvgIpc) is 2.25. The number of nitrogens with zero attached hydrogens (tertiary/aromatic N) is 1. The lowest BCUT2D eigenvalue weighted by molar-refractivity contribution is 0.158. The summed E-state index contributed by atoms with van der Waals surface area (Å²) in [5, 5.41) is 3.52. The van der Waals surface area contributed by atoms with Crippen LogP contribution in [0, 0.1) is 5.92 Å². The van der Waals surface area contributed by atoms with Gasteiger partial charge in [0, 0.05) is 12.6 Å². The van der Waals surface area contributed by atoms with Crippen molar-refractivity contribution in [3.05, 3.63) is 0 Å². The zero-order chi connectivity index (χ0) is 11.1. The Morgan fingerprint density at radius 1 is 1.33 bits per heavy atom. The second-order valence-corrected chi connectivity index (χ2v) is 5.22. The summed E-state index contributed by atoms with van der Waals surface area (Å²) in [4.78, 5) is 2.70. The summed E-state index contributed by atoms with van der Waals surface area (Å²) in [7, 11) is 0. The summed E-state index contributed by atoms with van der Waals surface area (Å²) in [6.07, 6.45) is 5.38. The van der Waals surface area contributed by atoms with Crippen molar-refractivity contribution in [1.29, 1.82) is 0 Å². The maximum absolute atomic E-state index is 3.52. The highest BCUT2D eigenvalue weighted by molar-refractivity contribution is 4.78. The second-order valence-electron chi connectivity index (χ2n) is 5.22. The summed E-state index contributed by atoms with van der Waals surface area (Å²) in [5.74, 6) is 0.834. The molecule has 1 rings (SSSR count). The lowest BCUT2D eigenvalue weighted by atomic mass is 10.0. The smallest absolute Gasteiger partial charge is 0.0221 e. The molecule has 2 nitrogen and oxygen atoms in total. The predicted molar refractivity (Wildman–Crippen MR) is 67.2 cm³/mol. The van der Waals surface area contributed by atoms with E-state index in [1.54, 1.807) is 0 Å². The van der Waals surface area contributed by atoms with Crippen LogP contribution >= 0.6 is 0 Å². The van der Waals surface area contributed by atoms with E-state index in [2.05, 4.69) is 31.0 Å². The first-order valence-corrected chi connectivity index (χ1v) is 6.68. The third-order valence-electron chi connectivity index (χ3n) is 3.29. The Labute approximate surface area is 95.4 Å². The van der Waals surface area contributed by atoms with Crippen LogP contribution in [0.25, 0.3) is 0 Å². The zero-order valence-corrected chi connectivity index (χ0v) is 10.8. The average molecular weight is 212 g/mol. The lowest BCUT2D eigenvalue weighted by Crippen LogP contribution is -2.46. The Morgan fingerprint density at radius 2 is 2.13 bits per heavy atom. The number of nitrogens with one attached hydrogen (secondary N) is 1. The molecule has 1 aliphatic heterocycles. The van der Waals surface area contributed by atoms with Crippen molar-refractivity contribution in [1.82, 2.24) is 10.2 Å². The van der Waals surface area contributed by atoms with E-state index in [0.29, 0.717) is 0 Å². The molecule has 15 heavy (non-hydrogen) atoms. The summed E-state index contributed by atoms with van der Waals surface area (Å²) in [6, 6.07) is 0.803. The molecular formula is C13H28N2. The van der Waals surface area contributed by atoms with Crippen molar-refractivity contribution in [2.24, 2.45) is 5.92 Å². The van der Waals surface area contributed by atoms with Gasteiger partial charge in [0.1, 0.15) is 0 Å². The minimum Gasteiger partial charge on any atom is -0.315 e. The predicted octanol–water partition coefficient (Wildman–Crippen LogP) is 2.50. The largest absolute Gasteiger partial charge is 0.315 e. The second kappa shape index (κ2) is 7.24. The summed E-state index contributed by atoms with van der Waals surface area (Å²) < 4.78 is 0. The van der Waals surface area contributed by atoms with Crippen molar-refractivity contribution in [3.8, 4) is 0 Å². The van der Waals surface area contributed by atoms with Crippen molar-refractivity contribution in [3.63, 3.8) is 0 Å². The molecule has 1 saturated heterocycles. The molecule has 1 fully saturated rings. The van der Waals surface area contributed by atoms with Crippen LogP contribution in [-0.4, -0.2) is 37.1 Å². The molecule has 0 bridgehead atoms. The Balaban J connectivity index is 2.33. The molecule has 0 radical (unpaired) electrons. The van der Waals surface area contributed by atoms with Crippen LogP contribution in [0.3, 0.4) is 0 Å². The molecule has 1 heterocycles. The van der Waals surface area contributed by atoms with Crippen LogP contribution in [0.5, 0.6) is 0 Å². The molecule has 1 aliphatic rings. The Kier molecular flexibility index (Phi) is 6.26.